The molecule has 0 fully saturated rings. The Labute approximate surface area is 87.8 Å². The fourth-order valence-electron chi connectivity index (χ4n) is 1.47. The van der Waals surface area contributed by atoms with Gasteiger partial charge < -0.3 is 4.98 Å². The van der Waals surface area contributed by atoms with Gasteiger partial charge in [0, 0.05) is 6.20 Å². The highest BCUT2D eigenvalue weighted by Crippen LogP contribution is 2.14. The molecule has 0 radical (unpaired) electrons. The Bertz CT molecular complexity index is 500. The predicted octanol–water partition coefficient (Wildman–Crippen LogP) is 2.00. The molecule has 0 aliphatic rings. The van der Waals surface area contributed by atoms with Crippen LogP contribution in [0, 0.1) is 0 Å². The molecule has 1 aromatic carbocycles. The molecule has 15 heavy (non-hydrogen) atoms. The van der Waals surface area contributed by atoms with Crippen molar-refractivity contribution in [2.45, 2.75) is 13.3 Å². The van der Waals surface area contributed by atoms with E-state index in [2.05, 4.69) is 16.9 Å². The molecular formula is C12H12N2O. The third kappa shape index (κ3) is 1.96. The minimum Gasteiger partial charge on any atom is -0.313 e. The first-order valence-electron chi connectivity index (χ1n) is 4.93. The zero-order valence-electron chi connectivity index (χ0n) is 8.53. The predicted molar refractivity (Wildman–Crippen MR) is 59.7 cm³/mol. The average molecular weight is 200 g/mol. The molecule has 0 saturated heterocycles. The summed E-state index contributed by atoms with van der Waals surface area (Å²) in [5.41, 5.74) is 2.68. The molecule has 0 aliphatic carbocycles. The minimum absolute atomic E-state index is 0.103. The maximum absolute atomic E-state index is 11.5. The van der Waals surface area contributed by atoms with Gasteiger partial charge in [0.2, 0.25) is 0 Å². The molecule has 2 rings (SSSR count). The van der Waals surface area contributed by atoms with E-state index >= 15 is 0 Å². The van der Waals surface area contributed by atoms with Crippen LogP contribution in [0.4, 0.5) is 0 Å². The summed E-state index contributed by atoms with van der Waals surface area (Å²) in [6.45, 7) is 2.10. The third-order valence-electron chi connectivity index (χ3n) is 2.39. The molecule has 1 aromatic heterocycles. The summed E-state index contributed by atoms with van der Waals surface area (Å²) in [5.74, 6) is 0. The first kappa shape index (κ1) is 9.65. The minimum atomic E-state index is -0.103. The van der Waals surface area contributed by atoms with Gasteiger partial charge in [0.1, 0.15) is 0 Å². The summed E-state index contributed by atoms with van der Waals surface area (Å²) in [4.78, 5) is 17.9. The van der Waals surface area contributed by atoms with Crippen molar-refractivity contribution in [3.8, 4) is 11.1 Å². The van der Waals surface area contributed by atoms with Gasteiger partial charge >= 0.3 is 0 Å². The SMILES string of the molecule is CCc1ccc(-c2cnc[nH]c2=O)cc1. The largest absolute Gasteiger partial charge is 0.313 e. The van der Waals surface area contributed by atoms with E-state index in [0.717, 1.165) is 12.0 Å². The lowest BCUT2D eigenvalue weighted by Crippen LogP contribution is -2.08. The average Bonchev–Trinajstić information content (AvgIpc) is 2.30. The quantitative estimate of drug-likeness (QED) is 0.805. The van der Waals surface area contributed by atoms with Crippen molar-refractivity contribution in [1.29, 1.82) is 0 Å². The number of aromatic nitrogens is 2. The Morgan fingerprint density at radius 2 is 2.00 bits per heavy atom. The second-order valence-electron chi connectivity index (χ2n) is 3.34. The van der Waals surface area contributed by atoms with Crippen LogP contribution in [-0.2, 0) is 6.42 Å². The number of hydrogen-bond donors (Lipinski definition) is 1. The summed E-state index contributed by atoms with van der Waals surface area (Å²) in [6.07, 6.45) is 3.98. The maximum Gasteiger partial charge on any atom is 0.258 e. The van der Waals surface area contributed by atoms with Crippen LogP contribution in [-0.4, -0.2) is 9.97 Å². The lowest BCUT2D eigenvalue weighted by molar-refractivity contribution is 1.12. The number of H-pyrrole nitrogens is 1. The maximum atomic E-state index is 11.5. The molecule has 1 heterocycles. The molecule has 0 spiro atoms. The van der Waals surface area contributed by atoms with Crippen LogP contribution in [0.15, 0.2) is 41.6 Å². The molecule has 2 aromatic rings. The van der Waals surface area contributed by atoms with Crippen molar-refractivity contribution in [3.05, 3.63) is 52.7 Å². The number of nitrogens with zero attached hydrogens (tertiary/aromatic N) is 1. The first-order valence-corrected chi connectivity index (χ1v) is 4.93. The molecule has 1 N–H and O–H groups in total. The summed E-state index contributed by atoms with van der Waals surface area (Å²) in [5, 5.41) is 0. The number of aryl methyl sites for hydroxylation is 1. The van der Waals surface area contributed by atoms with Crippen LogP contribution in [0.1, 0.15) is 12.5 Å². The second-order valence-corrected chi connectivity index (χ2v) is 3.34. The van der Waals surface area contributed by atoms with E-state index < -0.39 is 0 Å². The van der Waals surface area contributed by atoms with Crippen molar-refractivity contribution in [2.75, 3.05) is 0 Å². The van der Waals surface area contributed by atoms with Crippen LogP contribution in [0.2, 0.25) is 0 Å². The molecule has 0 amide bonds. The van der Waals surface area contributed by atoms with Crippen LogP contribution in [0.3, 0.4) is 0 Å². The van der Waals surface area contributed by atoms with E-state index in [1.54, 1.807) is 6.20 Å². The van der Waals surface area contributed by atoms with Crippen LogP contribution in [0.25, 0.3) is 11.1 Å². The molecule has 0 atom stereocenters. The third-order valence-corrected chi connectivity index (χ3v) is 2.39. The smallest absolute Gasteiger partial charge is 0.258 e. The highest BCUT2D eigenvalue weighted by molar-refractivity contribution is 5.61. The van der Waals surface area contributed by atoms with Gasteiger partial charge in [0.15, 0.2) is 0 Å². The molecule has 0 aliphatic heterocycles. The van der Waals surface area contributed by atoms with E-state index in [9.17, 15) is 4.79 Å². The van der Waals surface area contributed by atoms with Crippen molar-refractivity contribution in [2.24, 2.45) is 0 Å². The number of aromatic amines is 1. The Kier molecular flexibility index (Phi) is 2.63. The molecule has 0 bridgehead atoms. The van der Waals surface area contributed by atoms with Crippen molar-refractivity contribution in [1.82, 2.24) is 9.97 Å². The Morgan fingerprint density at radius 1 is 1.27 bits per heavy atom. The van der Waals surface area contributed by atoms with Crippen LogP contribution >= 0.6 is 0 Å². The van der Waals surface area contributed by atoms with E-state index in [0.29, 0.717) is 5.56 Å². The summed E-state index contributed by atoms with van der Waals surface area (Å²) >= 11 is 0. The van der Waals surface area contributed by atoms with Gasteiger partial charge in [-0.2, -0.15) is 0 Å². The number of hydrogen-bond acceptors (Lipinski definition) is 2. The van der Waals surface area contributed by atoms with Gasteiger partial charge in [0.25, 0.3) is 5.56 Å². The lowest BCUT2D eigenvalue weighted by Gasteiger charge is -2.00. The van der Waals surface area contributed by atoms with Crippen molar-refractivity contribution < 1.29 is 0 Å². The molecular weight excluding hydrogens is 188 g/mol. The van der Waals surface area contributed by atoms with Crippen molar-refractivity contribution >= 4 is 0 Å². The highest BCUT2D eigenvalue weighted by atomic mass is 16.1. The monoisotopic (exact) mass is 200 g/mol. The van der Waals surface area contributed by atoms with Crippen molar-refractivity contribution in [3.63, 3.8) is 0 Å². The van der Waals surface area contributed by atoms with E-state index in [4.69, 9.17) is 0 Å². The zero-order valence-corrected chi connectivity index (χ0v) is 8.53. The number of rotatable bonds is 2. The van der Waals surface area contributed by atoms with E-state index in [-0.39, 0.29) is 5.56 Å². The highest BCUT2D eigenvalue weighted by Gasteiger charge is 2.01. The Hall–Kier alpha value is -1.90. The zero-order chi connectivity index (χ0) is 10.7. The number of benzene rings is 1. The fourth-order valence-corrected chi connectivity index (χ4v) is 1.47. The molecule has 0 unspecified atom stereocenters. The fraction of sp³-hybridized carbons (Fsp3) is 0.167. The van der Waals surface area contributed by atoms with E-state index in [1.807, 2.05) is 24.3 Å². The summed E-state index contributed by atoms with van der Waals surface area (Å²) < 4.78 is 0. The van der Waals surface area contributed by atoms with Gasteiger partial charge in [0.05, 0.1) is 11.9 Å². The van der Waals surface area contributed by atoms with Crippen LogP contribution < -0.4 is 5.56 Å². The van der Waals surface area contributed by atoms with Crippen LogP contribution in [0.5, 0.6) is 0 Å². The molecule has 76 valence electrons. The van der Waals surface area contributed by atoms with Gasteiger partial charge in [-0.3, -0.25) is 4.79 Å². The molecule has 3 heteroatoms. The van der Waals surface area contributed by atoms with Gasteiger partial charge in [-0.15, -0.1) is 0 Å². The lowest BCUT2D eigenvalue weighted by atomic mass is 10.1. The molecule has 3 nitrogen and oxygen atoms in total. The topological polar surface area (TPSA) is 45.8 Å². The van der Waals surface area contributed by atoms with Gasteiger partial charge in [-0.25, -0.2) is 4.98 Å². The first-order chi connectivity index (χ1) is 7.31. The second kappa shape index (κ2) is 4.09. The van der Waals surface area contributed by atoms with Gasteiger partial charge in [-0.1, -0.05) is 31.2 Å². The Balaban J connectivity index is 2.46. The number of nitrogens with one attached hydrogen (secondary N) is 1. The van der Waals surface area contributed by atoms with Gasteiger partial charge in [-0.05, 0) is 17.5 Å². The standard InChI is InChI=1S/C12H12N2O/c1-2-9-3-5-10(6-4-9)11-7-13-8-14-12(11)15/h3-8H,2H2,1H3,(H,13,14,15). The molecule has 0 saturated carbocycles. The Morgan fingerprint density at radius 3 is 2.60 bits per heavy atom. The summed E-state index contributed by atoms with van der Waals surface area (Å²) in [7, 11) is 0. The normalized spacial score (nSPS) is 10.2. The summed E-state index contributed by atoms with van der Waals surface area (Å²) in [6, 6.07) is 7.96. The van der Waals surface area contributed by atoms with E-state index in [1.165, 1.54) is 11.9 Å².